The summed E-state index contributed by atoms with van der Waals surface area (Å²) in [5.41, 5.74) is 1.29. The SMILES string of the molecule is CC(C)CCCNC(=O)c1cccc(NC(=O)C2CC2)c1. The van der Waals surface area contributed by atoms with E-state index in [2.05, 4.69) is 24.5 Å². The molecular weight excluding hydrogens is 264 g/mol. The van der Waals surface area contributed by atoms with Crippen molar-refractivity contribution in [3.8, 4) is 0 Å². The molecule has 0 atom stereocenters. The molecule has 2 amide bonds. The van der Waals surface area contributed by atoms with Crippen molar-refractivity contribution in [1.82, 2.24) is 5.32 Å². The molecule has 2 N–H and O–H groups in total. The highest BCUT2D eigenvalue weighted by molar-refractivity contribution is 5.98. The highest BCUT2D eigenvalue weighted by atomic mass is 16.2. The fourth-order valence-corrected chi connectivity index (χ4v) is 2.14. The van der Waals surface area contributed by atoms with Crippen LogP contribution in [0.25, 0.3) is 0 Å². The van der Waals surface area contributed by atoms with Crippen molar-refractivity contribution < 1.29 is 9.59 Å². The van der Waals surface area contributed by atoms with Crippen LogP contribution in [-0.2, 0) is 4.79 Å². The number of amides is 2. The van der Waals surface area contributed by atoms with Crippen LogP contribution in [0, 0.1) is 11.8 Å². The van der Waals surface area contributed by atoms with Gasteiger partial charge < -0.3 is 10.6 Å². The molecule has 0 aromatic heterocycles. The second-order valence-electron chi connectivity index (χ2n) is 6.14. The Labute approximate surface area is 126 Å². The Kier molecular flexibility index (Phi) is 5.37. The first kappa shape index (κ1) is 15.5. The van der Waals surface area contributed by atoms with Gasteiger partial charge in [0.25, 0.3) is 5.91 Å². The van der Waals surface area contributed by atoms with Crippen molar-refractivity contribution in [3.05, 3.63) is 29.8 Å². The van der Waals surface area contributed by atoms with Gasteiger partial charge in [0, 0.05) is 23.7 Å². The molecule has 114 valence electrons. The van der Waals surface area contributed by atoms with E-state index in [0.29, 0.717) is 23.7 Å². The largest absolute Gasteiger partial charge is 0.352 e. The molecular formula is C17H24N2O2. The standard InChI is InChI=1S/C17H24N2O2/c1-12(2)5-4-10-18-16(20)14-6-3-7-15(11-14)19-17(21)13-8-9-13/h3,6-7,11-13H,4-5,8-10H2,1-2H3,(H,18,20)(H,19,21). The van der Waals surface area contributed by atoms with Gasteiger partial charge in [0.2, 0.25) is 5.91 Å². The molecule has 1 aromatic rings. The second-order valence-corrected chi connectivity index (χ2v) is 6.14. The lowest BCUT2D eigenvalue weighted by atomic mass is 10.1. The molecule has 0 radical (unpaired) electrons. The average molecular weight is 288 g/mol. The summed E-state index contributed by atoms with van der Waals surface area (Å²) in [5.74, 6) is 0.798. The van der Waals surface area contributed by atoms with E-state index in [4.69, 9.17) is 0 Å². The predicted molar refractivity (Wildman–Crippen MR) is 84.2 cm³/mol. The molecule has 1 saturated carbocycles. The lowest BCUT2D eigenvalue weighted by Gasteiger charge is -2.09. The van der Waals surface area contributed by atoms with E-state index >= 15 is 0 Å². The third-order valence-electron chi connectivity index (χ3n) is 3.58. The quantitative estimate of drug-likeness (QED) is 0.757. The zero-order chi connectivity index (χ0) is 15.2. The summed E-state index contributed by atoms with van der Waals surface area (Å²) >= 11 is 0. The van der Waals surface area contributed by atoms with E-state index in [1.807, 2.05) is 6.07 Å². The van der Waals surface area contributed by atoms with E-state index in [0.717, 1.165) is 25.7 Å². The van der Waals surface area contributed by atoms with Gasteiger partial charge >= 0.3 is 0 Å². The third kappa shape index (κ3) is 5.21. The molecule has 4 heteroatoms. The fourth-order valence-electron chi connectivity index (χ4n) is 2.14. The van der Waals surface area contributed by atoms with Crippen LogP contribution >= 0.6 is 0 Å². The van der Waals surface area contributed by atoms with Gasteiger partial charge in [-0.2, -0.15) is 0 Å². The van der Waals surface area contributed by atoms with Crippen molar-refractivity contribution in [3.63, 3.8) is 0 Å². The monoisotopic (exact) mass is 288 g/mol. The Balaban J connectivity index is 1.84. The minimum absolute atomic E-state index is 0.0597. The van der Waals surface area contributed by atoms with Crippen molar-refractivity contribution in [1.29, 1.82) is 0 Å². The average Bonchev–Trinajstić information content (AvgIpc) is 3.28. The summed E-state index contributed by atoms with van der Waals surface area (Å²) in [5, 5.41) is 5.78. The number of benzene rings is 1. The Hall–Kier alpha value is -1.84. The highest BCUT2D eigenvalue weighted by Crippen LogP contribution is 2.30. The lowest BCUT2D eigenvalue weighted by molar-refractivity contribution is -0.117. The number of hydrogen-bond donors (Lipinski definition) is 2. The van der Waals surface area contributed by atoms with E-state index in [-0.39, 0.29) is 17.7 Å². The second kappa shape index (κ2) is 7.25. The van der Waals surface area contributed by atoms with E-state index in [1.165, 1.54) is 0 Å². The first-order valence-electron chi connectivity index (χ1n) is 7.75. The number of nitrogens with one attached hydrogen (secondary N) is 2. The molecule has 0 saturated heterocycles. The van der Waals surface area contributed by atoms with Gasteiger partial charge in [0.05, 0.1) is 0 Å². The van der Waals surface area contributed by atoms with Gasteiger partial charge in [-0.05, 0) is 49.8 Å². The molecule has 0 aliphatic heterocycles. The van der Waals surface area contributed by atoms with Crippen molar-refractivity contribution in [2.75, 3.05) is 11.9 Å². The highest BCUT2D eigenvalue weighted by Gasteiger charge is 2.29. The van der Waals surface area contributed by atoms with Crippen LogP contribution in [0.15, 0.2) is 24.3 Å². The minimum Gasteiger partial charge on any atom is -0.352 e. The molecule has 21 heavy (non-hydrogen) atoms. The van der Waals surface area contributed by atoms with Crippen molar-refractivity contribution in [2.24, 2.45) is 11.8 Å². The van der Waals surface area contributed by atoms with Crippen LogP contribution in [-0.4, -0.2) is 18.4 Å². The summed E-state index contributed by atoms with van der Waals surface area (Å²) in [4.78, 5) is 23.8. The summed E-state index contributed by atoms with van der Waals surface area (Å²) in [6.07, 6.45) is 4.04. The summed E-state index contributed by atoms with van der Waals surface area (Å²) < 4.78 is 0. The molecule has 0 bridgehead atoms. The maximum absolute atomic E-state index is 12.0. The number of anilines is 1. The van der Waals surface area contributed by atoms with Crippen LogP contribution in [0.1, 0.15) is 49.9 Å². The van der Waals surface area contributed by atoms with Crippen LogP contribution < -0.4 is 10.6 Å². The van der Waals surface area contributed by atoms with Crippen LogP contribution in [0.4, 0.5) is 5.69 Å². The third-order valence-corrected chi connectivity index (χ3v) is 3.58. The first-order valence-corrected chi connectivity index (χ1v) is 7.75. The molecule has 0 unspecified atom stereocenters. The first-order chi connectivity index (χ1) is 10.1. The van der Waals surface area contributed by atoms with Gasteiger partial charge in [-0.15, -0.1) is 0 Å². The fraction of sp³-hybridized carbons (Fsp3) is 0.529. The smallest absolute Gasteiger partial charge is 0.251 e. The lowest BCUT2D eigenvalue weighted by Crippen LogP contribution is -2.24. The summed E-state index contributed by atoms with van der Waals surface area (Å²) in [7, 11) is 0. The van der Waals surface area contributed by atoms with E-state index < -0.39 is 0 Å². The van der Waals surface area contributed by atoms with Gasteiger partial charge in [-0.1, -0.05) is 19.9 Å². The molecule has 1 aliphatic carbocycles. The Morgan fingerprint density at radius 1 is 1.29 bits per heavy atom. The van der Waals surface area contributed by atoms with Gasteiger partial charge in [-0.3, -0.25) is 9.59 Å². The topological polar surface area (TPSA) is 58.2 Å². The number of rotatable bonds is 7. The number of hydrogen-bond acceptors (Lipinski definition) is 2. The Morgan fingerprint density at radius 3 is 2.71 bits per heavy atom. The molecule has 2 rings (SSSR count). The van der Waals surface area contributed by atoms with Crippen LogP contribution in [0.5, 0.6) is 0 Å². The van der Waals surface area contributed by atoms with Gasteiger partial charge in [0.1, 0.15) is 0 Å². The zero-order valence-electron chi connectivity index (χ0n) is 12.8. The maximum Gasteiger partial charge on any atom is 0.251 e. The summed E-state index contributed by atoms with van der Waals surface area (Å²) in [6, 6.07) is 7.12. The number of carbonyl (C=O) groups is 2. The van der Waals surface area contributed by atoms with E-state index in [1.54, 1.807) is 18.2 Å². The predicted octanol–water partition coefficient (Wildman–Crippen LogP) is 3.20. The normalized spacial score (nSPS) is 14.0. The zero-order valence-corrected chi connectivity index (χ0v) is 12.8. The summed E-state index contributed by atoms with van der Waals surface area (Å²) in [6.45, 7) is 5.04. The molecule has 1 fully saturated rings. The van der Waals surface area contributed by atoms with Crippen LogP contribution in [0.3, 0.4) is 0 Å². The van der Waals surface area contributed by atoms with E-state index in [9.17, 15) is 9.59 Å². The Bertz CT molecular complexity index is 507. The van der Waals surface area contributed by atoms with Crippen LogP contribution in [0.2, 0.25) is 0 Å². The maximum atomic E-state index is 12.0. The Morgan fingerprint density at radius 2 is 2.05 bits per heavy atom. The van der Waals surface area contributed by atoms with Crippen molar-refractivity contribution >= 4 is 17.5 Å². The molecule has 0 heterocycles. The molecule has 1 aromatic carbocycles. The van der Waals surface area contributed by atoms with Crippen molar-refractivity contribution in [2.45, 2.75) is 39.5 Å². The van der Waals surface area contributed by atoms with Gasteiger partial charge in [0.15, 0.2) is 0 Å². The van der Waals surface area contributed by atoms with Gasteiger partial charge in [-0.25, -0.2) is 0 Å². The number of carbonyl (C=O) groups excluding carboxylic acids is 2. The molecule has 0 spiro atoms. The molecule has 4 nitrogen and oxygen atoms in total. The minimum atomic E-state index is -0.0822. The molecule has 1 aliphatic rings.